The molecule has 1 saturated heterocycles. The monoisotopic (exact) mass is 490 g/mol. The largest absolute Gasteiger partial charge is 0.465 e. The molecule has 0 spiro atoms. The van der Waals surface area contributed by atoms with Gasteiger partial charge >= 0.3 is 5.97 Å². The molecule has 2 aromatic carbocycles. The fraction of sp³-hybridized carbons (Fsp3) is 0.379. The number of rotatable bonds is 6. The number of anilines is 1. The molecule has 1 aliphatic rings. The summed E-state index contributed by atoms with van der Waals surface area (Å²) in [6.07, 6.45) is -0.306. The van der Waals surface area contributed by atoms with Crippen LogP contribution in [0.25, 0.3) is 0 Å². The Hall–Kier alpha value is -3.42. The van der Waals surface area contributed by atoms with Crippen LogP contribution >= 0.6 is 0 Å². The topological polar surface area (TPSA) is 78.9 Å². The highest BCUT2D eigenvalue weighted by Gasteiger charge is 2.38. The quantitative estimate of drug-likeness (QED) is 0.412. The number of ether oxygens (including phenoxy) is 4. The Morgan fingerprint density at radius 2 is 1.72 bits per heavy atom. The molecule has 2 heterocycles. The van der Waals surface area contributed by atoms with E-state index in [2.05, 4.69) is 10.3 Å². The van der Waals surface area contributed by atoms with E-state index in [4.69, 9.17) is 18.9 Å². The maximum Gasteiger partial charge on any atom is 0.345 e. The second kappa shape index (κ2) is 10.3. The van der Waals surface area contributed by atoms with Gasteiger partial charge in [-0.3, -0.25) is 0 Å². The highest BCUT2D eigenvalue weighted by molar-refractivity contribution is 5.98. The van der Waals surface area contributed by atoms with Crippen molar-refractivity contribution in [3.8, 4) is 11.6 Å². The van der Waals surface area contributed by atoms with Gasteiger partial charge in [0.15, 0.2) is 5.79 Å². The van der Waals surface area contributed by atoms with Crippen molar-refractivity contribution in [1.29, 1.82) is 0 Å². The molecule has 2 unspecified atom stereocenters. The Balaban J connectivity index is 1.76. The average molecular weight is 491 g/mol. The number of esters is 1. The molecule has 4 rings (SSSR count). The zero-order valence-electron chi connectivity index (χ0n) is 22.0. The molecule has 0 saturated carbocycles. The molecule has 2 atom stereocenters. The minimum atomic E-state index is -0.743. The summed E-state index contributed by atoms with van der Waals surface area (Å²) in [5, 5.41) is 3.49. The zero-order chi connectivity index (χ0) is 26.0. The number of pyridine rings is 1. The minimum absolute atomic E-state index is 0.189. The first-order valence-electron chi connectivity index (χ1n) is 12.1. The third kappa shape index (κ3) is 5.53. The van der Waals surface area contributed by atoms with Crippen molar-refractivity contribution in [1.82, 2.24) is 4.98 Å². The SMILES string of the molecule is COC(=O)c1c(NC2COC(C)(C)OC2c2ccccc2)cc(C)nc1Oc1c(C)cc(C)cc1C. The molecule has 1 aliphatic heterocycles. The summed E-state index contributed by atoms with van der Waals surface area (Å²) in [4.78, 5) is 17.6. The van der Waals surface area contributed by atoms with Crippen molar-refractivity contribution in [2.75, 3.05) is 19.0 Å². The van der Waals surface area contributed by atoms with Crippen LogP contribution in [-0.4, -0.2) is 36.5 Å². The molecule has 36 heavy (non-hydrogen) atoms. The van der Waals surface area contributed by atoms with Gasteiger partial charge in [0, 0.05) is 5.69 Å². The maximum atomic E-state index is 13.0. The number of benzene rings is 2. The fourth-order valence-corrected chi connectivity index (χ4v) is 4.62. The van der Waals surface area contributed by atoms with E-state index in [0.717, 1.165) is 22.3 Å². The normalized spacial score (nSPS) is 19.0. The summed E-state index contributed by atoms with van der Waals surface area (Å²) in [5.41, 5.74) is 5.53. The van der Waals surface area contributed by atoms with Gasteiger partial charge in [0.05, 0.1) is 25.4 Å². The second-order valence-electron chi connectivity index (χ2n) is 9.72. The second-order valence-corrected chi connectivity index (χ2v) is 9.72. The van der Waals surface area contributed by atoms with E-state index in [1.807, 2.05) is 90.1 Å². The van der Waals surface area contributed by atoms with E-state index in [-0.39, 0.29) is 23.6 Å². The van der Waals surface area contributed by atoms with Gasteiger partial charge in [-0.1, -0.05) is 48.0 Å². The van der Waals surface area contributed by atoms with E-state index in [1.165, 1.54) is 7.11 Å². The first kappa shape index (κ1) is 25.7. The minimum Gasteiger partial charge on any atom is -0.465 e. The van der Waals surface area contributed by atoms with Gasteiger partial charge in [0.1, 0.15) is 17.4 Å². The molecule has 0 bridgehead atoms. The number of methoxy groups -OCH3 is 1. The Bertz CT molecular complexity index is 1230. The molecule has 0 aliphatic carbocycles. The summed E-state index contributed by atoms with van der Waals surface area (Å²) < 4.78 is 23.7. The predicted molar refractivity (Wildman–Crippen MR) is 139 cm³/mol. The van der Waals surface area contributed by atoms with Crippen molar-refractivity contribution in [3.63, 3.8) is 0 Å². The van der Waals surface area contributed by atoms with Gasteiger partial charge in [0.2, 0.25) is 5.88 Å². The number of hydrogen-bond acceptors (Lipinski definition) is 7. The Kier molecular flexibility index (Phi) is 7.33. The van der Waals surface area contributed by atoms with Gasteiger partial charge in [0.25, 0.3) is 0 Å². The molecule has 0 radical (unpaired) electrons. The van der Waals surface area contributed by atoms with E-state index >= 15 is 0 Å². The molecule has 0 amide bonds. The first-order chi connectivity index (χ1) is 17.1. The Morgan fingerprint density at radius 3 is 2.36 bits per heavy atom. The number of aromatic nitrogens is 1. The zero-order valence-corrected chi connectivity index (χ0v) is 22.0. The van der Waals surface area contributed by atoms with Crippen LogP contribution < -0.4 is 10.1 Å². The van der Waals surface area contributed by atoms with E-state index < -0.39 is 11.8 Å². The fourth-order valence-electron chi connectivity index (χ4n) is 4.62. The van der Waals surface area contributed by atoms with Crippen LogP contribution in [-0.2, 0) is 14.2 Å². The van der Waals surface area contributed by atoms with Crippen LogP contribution in [0.2, 0.25) is 0 Å². The highest BCUT2D eigenvalue weighted by atomic mass is 16.7. The average Bonchev–Trinajstić information content (AvgIpc) is 2.82. The van der Waals surface area contributed by atoms with Crippen molar-refractivity contribution < 1.29 is 23.7 Å². The van der Waals surface area contributed by atoms with Gasteiger partial charge in [-0.05, 0) is 64.3 Å². The van der Waals surface area contributed by atoms with Crippen molar-refractivity contribution in [2.45, 2.75) is 59.5 Å². The van der Waals surface area contributed by atoms with Gasteiger partial charge in [-0.25, -0.2) is 9.78 Å². The number of carbonyl (C=O) groups excluding carboxylic acids is 1. The van der Waals surface area contributed by atoms with E-state index in [0.29, 0.717) is 23.7 Å². The summed E-state index contributed by atoms with van der Waals surface area (Å²) in [5.74, 6) is -0.430. The lowest BCUT2D eigenvalue weighted by Crippen LogP contribution is -2.47. The number of aryl methyl sites for hydroxylation is 4. The molecular weight excluding hydrogens is 456 g/mol. The number of hydrogen-bond donors (Lipinski definition) is 1. The molecule has 3 aromatic rings. The Labute approximate surface area is 212 Å². The molecule has 1 N–H and O–H groups in total. The highest BCUT2D eigenvalue weighted by Crippen LogP contribution is 2.38. The van der Waals surface area contributed by atoms with Crippen LogP contribution in [0.4, 0.5) is 5.69 Å². The lowest BCUT2D eigenvalue weighted by atomic mass is 10.00. The smallest absolute Gasteiger partial charge is 0.345 e. The lowest BCUT2D eigenvalue weighted by molar-refractivity contribution is -0.279. The number of nitrogens with one attached hydrogen (secondary N) is 1. The van der Waals surface area contributed by atoms with Gasteiger partial charge in [-0.15, -0.1) is 0 Å². The maximum absolute atomic E-state index is 13.0. The van der Waals surface area contributed by atoms with Crippen molar-refractivity contribution >= 4 is 11.7 Å². The standard InChI is InChI=1S/C29H34N2O5/c1-17-13-18(2)25(19(3)14-17)35-27-24(28(32)33-7)22(15-20(4)30-27)31-23-16-34-29(5,6)36-26(23)21-11-9-8-10-12-21/h8-15,23,26H,16H2,1-7H3,(H,30,31). The molecule has 1 aromatic heterocycles. The van der Waals surface area contributed by atoms with Crippen LogP contribution in [0.5, 0.6) is 11.6 Å². The first-order valence-corrected chi connectivity index (χ1v) is 12.1. The van der Waals surface area contributed by atoms with Crippen molar-refractivity contribution in [3.05, 3.63) is 82.0 Å². The van der Waals surface area contributed by atoms with E-state index in [9.17, 15) is 4.79 Å². The molecule has 7 heteroatoms. The number of carbonyl (C=O) groups is 1. The third-order valence-electron chi connectivity index (χ3n) is 6.16. The summed E-state index contributed by atoms with van der Waals surface area (Å²) in [7, 11) is 1.35. The summed E-state index contributed by atoms with van der Waals surface area (Å²) in [6.45, 7) is 12.0. The van der Waals surface area contributed by atoms with Crippen LogP contribution in [0, 0.1) is 27.7 Å². The van der Waals surface area contributed by atoms with Crippen LogP contribution in [0.1, 0.15) is 58.3 Å². The third-order valence-corrected chi connectivity index (χ3v) is 6.16. The molecular formula is C29H34N2O5. The van der Waals surface area contributed by atoms with Crippen LogP contribution in [0.15, 0.2) is 48.5 Å². The summed E-state index contributed by atoms with van der Waals surface area (Å²) in [6, 6.07) is 15.6. The van der Waals surface area contributed by atoms with Gasteiger partial charge < -0.3 is 24.3 Å². The lowest BCUT2D eigenvalue weighted by Gasteiger charge is -2.42. The Morgan fingerprint density at radius 1 is 1.06 bits per heavy atom. The number of nitrogens with zero attached hydrogens (tertiary/aromatic N) is 1. The van der Waals surface area contributed by atoms with Crippen LogP contribution in [0.3, 0.4) is 0 Å². The predicted octanol–water partition coefficient (Wildman–Crippen LogP) is 6.20. The molecule has 190 valence electrons. The molecule has 1 fully saturated rings. The van der Waals surface area contributed by atoms with Crippen molar-refractivity contribution in [2.24, 2.45) is 0 Å². The van der Waals surface area contributed by atoms with Gasteiger partial charge in [-0.2, -0.15) is 0 Å². The summed E-state index contributed by atoms with van der Waals surface area (Å²) >= 11 is 0. The molecule has 7 nitrogen and oxygen atoms in total. The van der Waals surface area contributed by atoms with E-state index in [1.54, 1.807) is 0 Å².